The van der Waals surface area contributed by atoms with Gasteiger partial charge < -0.3 is 15.0 Å². The lowest BCUT2D eigenvalue weighted by Gasteiger charge is -2.33. The van der Waals surface area contributed by atoms with Gasteiger partial charge in [-0.3, -0.25) is 4.79 Å². The first-order chi connectivity index (χ1) is 11.6. The summed E-state index contributed by atoms with van der Waals surface area (Å²) < 4.78 is 5.74. The van der Waals surface area contributed by atoms with Crippen molar-refractivity contribution in [2.75, 3.05) is 19.6 Å². The van der Waals surface area contributed by atoms with Crippen molar-refractivity contribution in [3.8, 4) is 5.75 Å². The van der Waals surface area contributed by atoms with Gasteiger partial charge in [0.05, 0.1) is 12.1 Å². The van der Waals surface area contributed by atoms with E-state index in [-0.39, 0.29) is 36.8 Å². The average molecular weight is 418 g/mol. The van der Waals surface area contributed by atoms with Crippen LogP contribution in [0.4, 0.5) is 0 Å². The fraction of sp³-hybridized carbons (Fsp3) is 0.444. The minimum Gasteiger partial charge on any atom is -0.486 e. The number of hydrogen-bond acceptors (Lipinski definition) is 5. The van der Waals surface area contributed by atoms with E-state index in [0.29, 0.717) is 13.0 Å². The second-order valence-electron chi connectivity index (χ2n) is 6.15. The molecule has 2 heterocycles. The predicted octanol–water partition coefficient (Wildman–Crippen LogP) is 3.24. The largest absolute Gasteiger partial charge is 0.486 e. The summed E-state index contributed by atoms with van der Waals surface area (Å²) in [5, 5.41) is 6.15. The first kappa shape index (κ1) is 22.7. The van der Waals surface area contributed by atoms with E-state index in [2.05, 4.69) is 17.2 Å². The Bertz CT molecular complexity index is 694. The topological polar surface area (TPSA) is 54.5 Å². The standard InChI is InChI=1S/C18H23N3O2S.2ClH/c1-13-3-5-16(6-4-13)23-11-17-20-15(12-24-17)9-18(22)21-8-7-19-10-14(21)2;;/h3-6,12,14,19H,7-11H2,1-2H3;2*1H/t14-;;/m1../s1. The Morgan fingerprint density at radius 1 is 1.35 bits per heavy atom. The summed E-state index contributed by atoms with van der Waals surface area (Å²) in [5.41, 5.74) is 2.04. The van der Waals surface area contributed by atoms with Gasteiger partial charge in [-0.2, -0.15) is 0 Å². The van der Waals surface area contributed by atoms with E-state index in [4.69, 9.17) is 4.74 Å². The van der Waals surface area contributed by atoms with Crippen molar-refractivity contribution in [3.63, 3.8) is 0 Å². The first-order valence-corrected chi connectivity index (χ1v) is 9.13. The second-order valence-corrected chi connectivity index (χ2v) is 7.09. The SMILES string of the molecule is Cc1ccc(OCc2nc(CC(=O)N3CCNC[C@H]3C)cs2)cc1.Cl.Cl. The molecule has 5 nitrogen and oxygen atoms in total. The smallest absolute Gasteiger partial charge is 0.228 e. The Morgan fingerprint density at radius 2 is 2.08 bits per heavy atom. The summed E-state index contributed by atoms with van der Waals surface area (Å²) in [4.78, 5) is 18.9. The lowest BCUT2D eigenvalue weighted by molar-refractivity contribution is -0.133. The van der Waals surface area contributed by atoms with Gasteiger partial charge in [0.25, 0.3) is 0 Å². The summed E-state index contributed by atoms with van der Waals surface area (Å²) in [7, 11) is 0. The highest BCUT2D eigenvalue weighted by Crippen LogP contribution is 2.17. The third-order valence-corrected chi connectivity index (χ3v) is 5.01. The number of benzene rings is 1. The molecule has 1 amide bonds. The minimum atomic E-state index is 0. The number of hydrogen-bond donors (Lipinski definition) is 1. The Kier molecular flexibility index (Phi) is 9.36. The van der Waals surface area contributed by atoms with Crippen LogP contribution in [-0.2, 0) is 17.8 Å². The number of carbonyl (C=O) groups is 1. The fourth-order valence-electron chi connectivity index (χ4n) is 2.74. The molecule has 26 heavy (non-hydrogen) atoms. The number of aryl methyl sites for hydroxylation is 1. The Balaban J connectivity index is 0.00000169. The molecule has 0 saturated carbocycles. The lowest BCUT2D eigenvalue weighted by atomic mass is 10.2. The number of aromatic nitrogens is 1. The molecule has 144 valence electrons. The third kappa shape index (κ3) is 6.13. The molecule has 1 aliphatic heterocycles. The molecule has 1 aliphatic rings. The zero-order chi connectivity index (χ0) is 16.9. The number of piperazine rings is 1. The van der Waals surface area contributed by atoms with Crippen LogP contribution in [0.2, 0.25) is 0 Å². The van der Waals surface area contributed by atoms with Crippen LogP contribution in [-0.4, -0.2) is 41.5 Å². The van der Waals surface area contributed by atoms with E-state index in [1.54, 1.807) is 11.3 Å². The van der Waals surface area contributed by atoms with E-state index < -0.39 is 0 Å². The molecular formula is C18H25Cl2N3O2S. The molecule has 1 N–H and O–H groups in total. The molecular weight excluding hydrogens is 393 g/mol. The van der Waals surface area contributed by atoms with Crippen molar-refractivity contribution in [2.24, 2.45) is 0 Å². The Morgan fingerprint density at radius 3 is 2.77 bits per heavy atom. The van der Waals surface area contributed by atoms with Crippen molar-refractivity contribution < 1.29 is 9.53 Å². The van der Waals surface area contributed by atoms with Crippen molar-refractivity contribution in [1.82, 2.24) is 15.2 Å². The van der Waals surface area contributed by atoms with E-state index in [9.17, 15) is 4.79 Å². The zero-order valence-corrected chi connectivity index (χ0v) is 17.4. The predicted molar refractivity (Wildman–Crippen MR) is 110 cm³/mol. The average Bonchev–Trinajstić information content (AvgIpc) is 3.02. The maximum Gasteiger partial charge on any atom is 0.228 e. The maximum atomic E-state index is 12.4. The summed E-state index contributed by atoms with van der Waals surface area (Å²) in [5.74, 6) is 0.989. The fourth-order valence-corrected chi connectivity index (χ4v) is 3.45. The maximum absolute atomic E-state index is 12.4. The zero-order valence-electron chi connectivity index (χ0n) is 14.9. The molecule has 1 aromatic heterocycles. The molecule has 0 bridgehead atoms. The summed E-state index contributed by atoms with van der Waals surface area (Å²) in [6, 6.07) is 8.21. The van der Waals surface area contributed by atoms with Gasteiger partial charge in [0.2, 0.25) is 5.91 Å². The molecule has 1 fully saturated rings. The van der Waals surface area contributed by atoms with E-state index in [1.165, 1.54) is 5.56 Å². The number of ether oxygens (including phenoxy) is 1. The summed E-state index contributed by atoms with van der Waals surface area (Å²) in [6.07, 6.45) is 0.366. The molecule has 1 saturated heterocycles. The van der Waals surface area contributed by atoms with Crippen LogP contribution in [0, 0.1) is 6.92 Å². The van der Waals surface area contributed by atoms with Gasteiger partial charge in [-0.25, -0.2) is 4.98 Å². The molecule has 0 spiro atoms. The van der Waals surface area contributed by atoms with E-state index in [0.717, 1.165) is 36.1 Å². The molecule has 1 atom stereocenters. The van der Waals surface area contributed by atoms with Crippen molar-refractivity contribution in [3.05, 3.63) is 45.9 Å². The van der Waals surface area contributed by atoms with Crippen LogP contribution >= 0.6 is 36.2 Å². The van der Waals surface area contributed by atoms with Crippen molar-refractivity contribution in [1.29, 1.82) is 0 Å². The number of halogens is 2. The van der Waals surface area contributed by atoms with Gasteiger partial charge in [-0.05, 0) is 26.0 Å². The van der Waals surface area contributed by atoms with E-state index in [1.807, 2.05) is 41.5 Å². The highest BCUT2D eigenvalue weighted by molar-refractivity contribution is 7.09. The molecule has 3 rings (SSSR count). The van der Waals surface area contributed by atoms with Crippen LogP contribution in [0.25, 0.3) is 0 Å². The molecule has 0 unspecified atom stereocenters. The number of thiazole rings is 1. The molecule has 0 radical (unpaired) electrons. The first-order valence-electron chi connectivity index (χ1n) is 8.25. The van der Waals surface area contributed by atoms with Crippen LogP contribution in [0.5, 0.6) is 5.75 Å². The third-order valence-electron chi connectivity index (χ3n) is 4.14. The number of amides is 1. The van der Waals surface area contributed by atoms with Gasteiger partial charge >= 0.3 is 0 Å². The Labute approximate surface area is 171 Å². The highest BCUT2D eigenvalue weighted by Gasteiger charge is 2.23. The molecule has 2 aromatic rings. The number of nitrogens with one attached hydrogen (secondary N) is 1. The van der Waals surface area contributed by atoms with E-state index >= 15 is 0 Å². The minimum absolute atomic E-state index is 0. The van der Waals surface area contributed by atoms with Crippen LogP contribution in [0.15, 0.2) is 29.6 Å². The monoisotopic (exact) mass is 417 g/mol. The van der Waals surface area contributed by atoms with Gasteiger partial charge in [-0.15, -0.1) is 36.2 Å². The molecule has 0 aliphatic carbocycles. The van der Waals surface area contributed by atoms with Gasteiger partial charge in [0, 0.05) is 31.1 Å². The molecule has 1 aromatic carbocycles. The summed E-state index contributed by atoms with van der Waals surface area (Å²) >= 11 is 1.54. The molecule has 8 heteroatoms. The number of carbonyl (C=O) groups excluding carboxylic acids is 1. The number of nitrogens with zero attached hydrogens (tertiary/aromatic N) is 2. The lowest BCUT2D eigenvalue weighted by Crippen LogP contribution is -2.52. The van der Waals surface area contributed by atoms with Gasteiger partial charge in [0.1, 0.15) is 17.4 Å². The van der Waals surface area contributed by atoms with Crippen molar-refractivity contribution in [2.45, 2.75) is 32.9 Å². The van der Waals surface area contributed by atoms with Crippen LogP contribution < -0.4 is 10.1 Å². The normalized spacial score (nSPS) is 16.4. The van der Waals surface area contributed by atoms with Crippen LogP contribution in [0.1, 0.15) is 23.2 Å². The number of rotatable bonds is 5. The van der Waals surface area contributed by atoms with Crippen molar-refractivity contribution >= 4 is 42.1 Å². The van der Waals surface area contributed by atoms with Crippen LogP contribution in [0.3, 0.4) is 0 Å². The summed E-state index contributed by atoms with van der Waals surface area (Å²) in [6.45, 7) is 7.06. The van der Waals surface area contributed by atoms with Gasteiger partial charge in [-0.1, -0.05) is 17.7 Å². The quantitative estimate of drug-likeness (QED) is 0.810. The van der Waals surface area contributed by atoms with Gasteiger partial charge in [0.15, 0.2) is 0 Å². The highest BCUT2D eigenvalue weighted by atomic mass is 35.5. The Hall–Kier alpha value is -1.34. The second kappa shape index (κ2) is 10.7.